The Kier molecular flexibility index (Phi) is 2.76. The molecule has 0 aliphatic heterocycles. The number of hydrogen-bond acceptors (Lipinski definition) is 4. The maximum Gasteiger partial charge on any atom is 0.291 e. The van der Waals surface area contributed by atoms with Crippen LogP contribution in [0.3, 0.4) is 0 Å². The SMILES string of the molecule is O=C(NCc1ccncc1)c1n[nH]c(C2CC2)n1. The lowest BCUT2D eigenvalue weighted by Gasteiger charge is -2.01. The summed E-state index contributed by atoms with van der Waals surface area (Å²) in [7, 11) is 0. The molecule has 1 aliphatic rings. The molecule has 2 aromatic rings. The van der Waals surface area contributed by atoms with Crippen LogP contribution in [-0.2, 0) is 6.54 Å². The summed E-state index contributed by atoms with van der Waals surface area (Å²) in [4.78, 5) is 19.9. The average Bonchev–Trinajstić information content (AvgIpc) is 3.15. The molecule has 18 heavy (non-hydrogen) atoms. The van der Waals surface area contributed by atoms with Crippen molar-refractivity contribution in [3.8, 4) is 0 Å². The summed E-state index contributed by atoms with van der Waals surface area (Å²) in [5, 5.41) is 9.52. The fourth-order valence-corrected chi connectivity index (χ4v) is 1.68. The smallest absolute Gasteiger partial charge is 0.291 e. The minimum atomic E-state index is -0.255. The van der Waals surface area contributed by atoms with Crippen molar-refractivity contribution in [3.63, 3.8) is 0 Å². The van der Waals surface area contributed by atoms with Gasteiger partial charge in [0.05, 0.1) is 0 Å². The summed E-state index contributed by atoms with van der Waals surface area (Å²) in [5.41, 5.74) is 0.997. The van der Waals surface area contributed by atoms with E-state index < -0.39 is 0 Å². The zero-order valence-electron chi connectivity index (χ0n) is 9.76. The third-order valence-corrected chi connectivity index (χ3v) is 2.87. The molecular weight excluding hydrogens is 230 g/mol. The monoisotopic (exact) mass is 243 g/mol. The van der Waals surface area contributed by atoms with Gasteiger partial charge in [-0.25, -0.2) is 4.98 Å². The Morgan fingerprint density at radius 2 is 2.17 bits per heavy atom. The van der Waals surface area contributed by atoms with Gasteiger partial charge in [0.2, 0.25) is 5.82 Å². The van der Waals surface area contributed by atoms with E-state index in [4.69, 9.17) is 0 Å². The minimum absolute atomic E-state index is 0.214. The predicted molar refractivity (Wildman–Crippen MR) is 63.8 cm³/mol. The number of rotatable bonds is 4. The third-order valence-electron chi connectivity index (χ3n) is 2.87. The van der Waals surface area contributed by atoms with Gasteiger partial charge in [0.15, 0.2) is 0 Å². The summed E-state index contributed by atoms with van der Waals surface area (Å²) < 4.78 is 0. The summed E-state index contributed by atoms with van der Waals surface area (Å²) in [6.07, 6.45) is 5.65. The fraction of sp³-hybridized carbons (Fsp3) is 0.333. The maximum absolute atomic E-state index is 11.8. The van der Waals surface area contributed by atoms with Crippen molar-refractivity contribution in [1.82, 2.24) is 25.5 Å². The standard InChI is InChI=1S/C12H13N5O/c18-12(14-7-8-3-5-13-6-4-8)11-15-10(16-17-11)9-1-2-9/h3-6,9H,1-2,7H2,(H,14,18)(H,15,16,17). The number of aromatic nitrogens is 4. The van der Waals surface area contributed by atoms with Crippen molar-refractivity contribution in [2.75, 3.05) is 0 Å². The van der Waals surface area contributed by atoms with Gasteiger partial charge in [-0.15, -0.1) is 5.10 Å². The summed E-state index contributed by atoms with van der Waals surface area (Å²) >= 11 is 0. The average molecular weight is 243 g/mol. The molecule has 0 radical (unpaired) electrons. The van der Waals surface area contributed by atoms with Crippen molar-refractivity contribution in [2.45, 2.75) is 25.3 Å². The summed E-state index contributed by atoms with van der Waals surface area (Å²) in [6.45, 7) is 0.453. The number of pyridine rings is 1. The van der Waals surface area contributed by atoms with Crippen LogP contribution in [0, 0.1) is 0 Å². The van der Waals surface area contributed by atoms with Crippen LogP contribution in [-0.4, -0.2) is 26.1 Å². The summed E-state index contributed by atoms with van der Waals surface area (Å²) in [6, 6.07) is 3.71. The lowest BCUT2D eigenvalue weighted by Crippen LogP contribution is -2.24. The lowest BCUT2D eigenvalue weighted by molar-refractivity contribution is 0.0941. The van der Waals surface area contributed by atoms with Gasteiger partial charge in [-0.3, -0.25) is 14.9 Å². The molecule has 6 nitrogen and oxygen atoms in total. The van der Waals surface area contributed by atoms with Crippen molar-refractivity contribution < 1.29 is 4.79 Å². The molecule has 1 fully saturated rings. The van der Waals surface area contributed by atoms with E-state index in [1.165, 1.54) is 0 Å². The fourth-order valence-electron chi connectivity index (χ4n) is 1.68. The van der Waals surface area contributed by atoms with Crippen molar-refractivity contribution in [1.29, 1.82) is 0 Å². The Balaban J connectivity index is 1.60. The number of carbonyl (C=O) groups excluding carboxylic acids is 1. The molecule has 6 heteroatoms. The van der Waals surface area contributed by atoms with E-state index in [1.54, 1.807) is 12.4 Å². The van der Waals surface area contributed by atoms with Gasteiger partial charge in [-0.05, 0) is 30.5 Å². The molecule has 0 unspecified atom stereocenters. The molecule has 1 saturated carbocycles. The molecule has 0 spiro atoms. The van der Waals surface area contributed by atoms with Gasteiger partial charge in [-0.1, -0.05) is 0 Å². The Morgan fingerprint density at radius 1 is 1.39 bits per heavy atom. The first kappa shape index (κ1) is 10.9. The van der Waals surface area contributed by atoms with Crippen LogP contribution in [0.1, 0.15) is 40.8 Å². The highest BCUT2D eigenvalue weighted by Gasteiger charge is 2.28. The highest BCUT2D eigenvalue weighted by molar-refractivity contribution is 5.90. The number of H-pyrrole nitrogens is 1. The number of carbonyl (C=O) groups is 1. The van der Waals surface area contributed by atoms with Crippen LogP contribution in [0.15, 0.2) is 24.5 Å². The van der Waals surface area contributed by atoms with Crippen molar-refractivity contribution >= 4 is 5.91 Å². The van der Waals surface area contributed by atoms with E-state index >= 15 is 0 Å². The van der Waals surface area contributed by atoms with Crippen LogP contribution in [0.4, 0.5) is 0 Å². The van der Waals surface area contributed by atoms with Gasteiger partial charge in [-0.2, -0.15) is 0 Å². The highest BCUT2D eigenvalue weighted by atomic mass is 16.2. The van der Waals surface area contributed by atoms with Gasteiger partial charge < -0.3 is 5.32 Å². The Hall–Kier alpha value is -2.24. The largest absolute Gasteiger partial charge is 0.345 e. The zero-order chi connectivity index (χ0) is 12.4. The number of nitrogens with one attached hydrogen (secondary N) is 2. The van der Waals surface area contributed by atoms with E-state index in [9.17, 15) is 4.79 Å². The molecule has 0 saturated heterocycles. The van der Waals surface area contributed by atoms with E-state index in [-0.39, 0.29) is 11.7 Å². The van der Waals surface area contributed by atoms with E-state index in [0.29, 0.717) is 12.5 Å². The first-order chi connectivity index (χ1) is 8.83. The number of aromatic amines is 1. The Bertz CT molecular complexity index is 547. The summed E-state index contributed by atoms with van der Waals surface area (Å²) in [5.74, 6) is 1.25. The topological polar surface area (TPSA) is 83.6 Å². The molecule has 2 heterocycles. The first-order valence-corrected chi connectivity index (χ1v) is 5.92. The van der Waals surface area contributed by atoms with E-state index in [1.807, 2.05) is 12.1 Å². The van der Waals surface area contributed by atoms with Gasteiger partial charge in [0, 0.05) is 24.9 Å². The normalized spacial score (nSPS) is 14.4. The van der Waals surface area contributed by atoms with Crippen LogP contribution in [0.25, 0.3) is 0 Å². The number of amides is 1. The quantitative estimate of drug-likeness (QED) is 0.839. The Morgan fingerprint density at radius 3 is 2.89 bits per heavy atom. The predicted octanol–water partition coefficient (Wildman–Crippen LogP) is 1.01. The molecule has 0 aromatic carbocycles. The van der Waals surface area contributed by atoms with E-state index in [2.05, 4.69) is 25.5 Å². The number of nitrogens with zero attached hydrogens (tertiary/aromatic N) is 3. The first-order valence-electron chi connectivity index (χ1n) is 5.92. The van der Waals surface area contributed by atoms with Crippen molar-refractivity contribution in [3.05, 3.63) is 41.7 Å². The highest BCUT2D eigenvalue weighted by Crippen LogP contribution is 2.37. The van der Waals surface area contributed by atoms with Gasteiger partial charge >= 0.3 is 0 Å². The van der Waals surface area contributed by atoms with E-state index in [0.717, 1.165) is 24.2 Å². The second-order valence-electron chi connectivity index (χ2n) is 4.36. The van der Waals surface area contributed by atoms with Crippen LogP contribution in [0.5, 0.6) is 0 Å². The molecule has 0 bridgehead atoms. The Labute approximate surface area is 104 Å². The molecule has 0 atom stereocenters. The minimum Gasteiger partial charge on any atom is -0.345 e. The second kappa shape index (κ2) is 4.56. The molecular formula is C12H13N5O. The molecule has 3 rings (SSSR count). The lowest BCUT2D eigenvalue weighted by atomic mass is 10.3. The molecule has 2 N–H and O–H groups in total. The molecule has 1 aliphatic carbocycles. The second-order valence-corrected chi connectivity index (χ2v) is 4.36. The third kappa shape index (κ3) is 2.37. The molecule has 2 aromatic heterocycles. The zero-order valence-corrected chi connectivity index (χ0v) is 9.76. The molecule has 92 valence electrons. The van der Waals surface area contributed by atoms with Crippen LogP contribution < -0.4 is 5.32 Å². The number of hydrogen-bond donors (Lipinski definition) is 2. The van der Waals surface area contributed by atoms with Crippen LogP contribution in [0.2, 0.25) is 0 Å². The van der Waals surface area contributed by atoms with Gasteiger partial charge in [0.25, 0.3) is 5.91 Å². The van der Waals surface area contributed by atoms with Gasteiger partial charge in [0.1, 0.15) is 5.82 Å². The van der Waals surface area contributed by atoms with Crippen LogP contribution >= 0.6 is 0 Å². The maximum atomic E-state index is 11.8. The molecule has 1 amide bonds. The van der Waals surface area contributed by atoms with Crippen molar-refractivity contribution in [2.24, 2.45) is 0 Å².